The van der Waals surface area contributed by atoms with Gasteiger partial charge in [-0.3, -0.25) is 0 Å². The summed E-state index contributed by atoms with van der Waals surface area (Å²) in [4.78, 5) is 10.7. The van der Waals surface area contributed by atoms with E-state index in [2.05, 4.69) is 78.6 Å². The van der Waals surface area contributed by atoms with Gasteiger partial charge in [-0.1, -0.05) is 6.07 Å². The van der Waals surface area contributed by atoms with Crippen molar-refractivity contribution in [1.29, 1.82) is 0 Å². The van der Waals surface area contributed by atoms with E-state index in [1.165, 1.54) is 12.1 Å². The van der Waals surface area contributed by atoms with E-state index in [0.717, 1.165) is 51.0 Å². The maximum absolute atomic E-state index is 8.07. The average molecular weight is 689 g/mol. The first-order valence-corrected chi connectivity index (χ1v) is 16.8. The fourth-order valence-corrected chi connectivity index (χ4v) is 8.88. The molecule has 6 aromatic rings. The van der Waals surface area contributed by atoms with E-state index in [-0.39, 0.29) is 6.67 Å². The van der Waals surface area contributed by atoms with E-state index in [1.54, 1.807) is 0 Å². The Kier molecular flexibility index (Phi) is 5.95. The Bertz CT molecular complexity index is 2120. The number of rotatable bonds is 5. The Labute approximate surface area is 272 Å². The van der Waals surface area contributed by atoms with Crippen LogP contribution in [0.5, 0.6) is 11.5 Å². The average Bonchev–Trinajstić information content (AvgIpc) is 3.49. The summed E-state index contributed by atoms with van der Waals surface area (Å²) >= 11 is -0.623. The van der Waals surface area contributed by atoms with Crippen LogP contribution < -0.4 is 26.7 Å². The molecule has 0 amide bonds. The molecular weight excluding hydrogens is 656 g/mol. The summed E-state index contributed by atoms with van der Waals surface area (Å²) in [5.41, 5.74) is 8.08. The van der Waals surface area contributed by atoms with Crippen LogP contribution >= 0.6 is 0 Å². The molecule has 3 heterocycles. The van der Waals surface area contributed by atoms with Gasteiger partial charge in [0.25, 0.3) is 0 Å². The molecule has 0 saturated heterocycles. The zero-order valence-electron chi connectivity index (χ0n) is 27.0. The van der Waals surface area contributed by atoms with Gasteiger partial charge in [0.05, 0.1) is 0 Å². The Hall–Kier alpha value is -4.76. The fraction of sp³-hybridized carbons (Fsp3) is 0.0789. The number of ether oxygens (including phenoxy) is 1. The van der Waals surface area contributed by atoms with Crippen molar-refractivity contribution < 1.29 is 8.85 Å². The second-order valence-corrected chi connectivity index (χ2v) is 13.9. The van der Waals surface area contributed by atoms with Gasteiger partial charge in [-0.05, 0) is 0 Å². The van der Waals surface area contributed by atoms with Crippen LogP contribution in [0.2, 0.25) is 0 Å². The van der Waals surface area contributed by atoms with Crippen molar-refractivity contribution >= 4 is 62.4 Å². The number of hydrogen-bond donors (Lipinski definition) is 0. The first-order chi connectivity index (χ1) is 22.8. The molecule has 0 fully saturated rings. The molecule has 0 unspecified atom stereocenters. The van der Waals surface area contributed by atoms with Crippen molar-refractivity contribution in [2.75, 3.05) is 28.3 Å². The molecule has 8 rings (SSSR count). The number of aromatic nitrogens is 1. The van der Waals surface area contributed by atoms with E-state index in [4.69, 9.17) is 13.8 Å². The summed E-state index contributed by atoms with van der Waals surface area (Å²) in [5, 5.41) is 0. The molecule has 2 aliphatic rings. The van der Waals surface area contributed by atoms with E-state index in [1.807, 2.05) is 71.8 Å². The number of aryl methyl sites for hydroxylation is 1. The number of nitrogens with zero attached hydrogens (tertiary/aromatic N) is 4. The maximum atomic E-state index is 8.07. The van der Waals surface area contributed by atoms with Crippen LogP contribution in [-0.4, -0.2) is 39.6 Å². The van der Waals surface area contributed by atoms with Crippen LogP contribution in [0.3, 0.4) is 0 Å². The van der Waals surface area contributed by atoms with Gasteiger partial charge < -0.3 is 0 Å². The van der Waals surface area contributed by atoms with Crippen molar-refractivity contribution in [2.45, 2.75) is 6.92 Å². The van der Waals surface area contributed by atoms with Gasteiger partial charge in [-0.2, -0.15) is 0 Å². The quantitative estimate of drug-likeness (QED) is 0.172. The number of pyridine rings is 1. The van der Waals surface area contributed by atoms with Gasteiger partial charge in [0.2, 0.25) is 0 Å². The molecule has 44 heavy (non-hydrogen) atoms. The molecule has 0 aliphatic carbocycles. The van der Waals surface area contributed by atoms with Gasteiger partial charge in [-0.25, -0.2) is 0 Å². The van der Waals surface area contributed by atoms with Crippen molar-refractivity contribution in [2.24, 2.45) is 0 Å². The zero-order valence-corrected chi connectivity index (χ0v) is 26.3. The Morgan fingerprint density at radius 1 is 0.705 bits per heavy atom. The van der Waals surface area contributed by atoms with Gasteiger partial charge in [0, 0.05) is 4.11 Å². The number of anilines is 6. The van der Waals surface area contributed by atoms with Crippen LogP contribution in [0.15, 0.2) is 134 Å². The van der Waals surface area contributed by atoms with Gasteiger partial charge in [-0.15, -0.1) is 0 Å². The molecule has 0 saturated carbocycles. The summed E-state index contributed by atoms with van der Waals surface area (Å²) in [5.74, 6) is 2.27. The SMILES string of the molecule is [2H]C([2H])([2H])N1CN(c2cccc(Oc3ccc4c(c3)N(c3cc(C)c(-c5ccccc5)cn3)c3ccccc3[Te]4)c2)c2ccccc21. The van der Waals surface area contributed by atoms with Crippen molar-refractivity contribution in [1.82, 2.24) is 4.98 Å². The minimum absolute atomic E-state index is 0.228. The molecule has 0 spiro atoms. The summed E-state index contributed by atoms with van der Waals surface area (Å²) < 4.78 is 33.4. The van der Waals surface area contributed by atoms with Crippen LogP contribution in [0.4, 0.5) is 34.3 Å². The van der Waals surface area contributed by atoms with E-state index < -0.39 is 27.9 Å². The molecular formula is C38H30N4OTe. The first kappa shape index (κ1) is 23.7. The topological polar surface area (TPSA) is 31.8 Å². The molecule has 2 aliphatic heterocycles. The fourth-order valence-electron chi connectivity index (χ4n) is 5.91. The van der Waals surface area contributed by atoms with Crippen LogP contribution in [0, 0.1) is 6.92 Å². The molecule has 0 atom stereocenters. The normalized spacial score (nSPS) is 14.7. The Morgan fingerprint density at radius 2 is 1.45 bits per heavy atom. The molecule has 0 N–H and O–H groups in total. The number of fused-ring (bicyclic) bond motifs is 3. The van der Waals surface area contributed by atoms with Gasteiger partial charge in [0.1, 0.15) is 0 Å². The number of hydrogen-bond acceptors (Lipinski definition) is 5. The third-order valence-electron chi connectivity index (χ3n) is 8.02. The van der Waals surface area contributed by atoms with Crippen LogP contribution in [0.1, 0.15) is 9.68 Å². The Balaban J connectivity index is 1.13. The second-order valence-electron chi connectivity index (χ2n) is 10.8. The van der Waals surface area contributed by atoms with Crippen LogP contribution in [0.25, 0.3) is 11.1 Å². The van der Waals surface area contributed by atoms with Crippen molar-refractivity contribution in [3.05, 3.63) is 139 Å². The van der Waals surface area contributed by atoms with E-state index >= 15 is 0 Å². The molecule has 1 aromatic heterocycles. The molecule has 6 heteroatoms. The van der Waals surface area contributed by atoms with Crippen LogP contribution in [-0.2, 0) is 0 Å². The van der Waals surface area contributed by atoms with Crippen molar-refractivity contribution in [3.63, 3.8) is 0 Å². The summed E-state index contributed by atoms with van der Waals surface area (Å²) in [6, 6.07) is 42.9. The van der Waals surface area contributed by atoms with Gasteiger partial charge >= 0.3 is 263 Å². The summed E-state index contributed by atoms with van der Waals surface area (Å²) in [7, 11) is 0. The monoisotopic (exact) mass is 691 g/mol. The second kappa shape index (κ2) is 11.1. The predicted octanol–water partition coefficient (Wildman–Crippen LogP) is 7.83. The Morgan fingerprint density at radius 3 is 2.30 bits per heavy atom. The third kappa shape index (κ3) is 4.77. The summed E-state index contributed by atoms with van der Waals surface area (Å²) in [6.45, 7) is 0.123. The van der Waals surface area contributed by atoms with E-state index in [9.17, 15) is 0 Å². The molecule has 0 bridgehead atoms. The number of para-hydroxylation sites is 3. The minimum atomic E-state index is -2.25. The molecule has 214 valence electrons. The van der Waals surface area contributed by atoms with Crippen molar-refractivity contribution in [3.8, 4) is 22.6 Å². The van der Waals surface area contributed by atoms with Gasteiger partial charge in [0.15, 0.2) is 0 Å². The zero-order chi connectivity index (χ0) is 32.1. The molecule has 5 aromatic carbocycles. The summed E-state index contributed by atoms with van der Waals surface area (Å²) in [6.07, 6.45) is 1.98. The standard InChI is InChI=1S/C38H30N4OTe/c1-26-21-38(39-24-31(26)27-11-4-3-5-12-27)42-34-17-8-9-18-36(34)44-37-20-19-30(23-35(37)42)43-29-14-10-13-28(22-29)41-25-40(2)32-15-6-7-16-33(32)41/h3-24H,25H2,1-2H3/i2D3. The third-order valence-corrected chi connectivity index (χ3v) is 11.2. The molecule has 0 radical (unpaired) electrons. The molecule has 5 nitrogen and oxygen atoms in total. The van der Waals surface area contributed by atoms with E-state index in [0.29, 0.717) is 11.4 Å². The predicted molar refractivity (Wildman–Crippen MR) is 182 cm³/mol. The first-order valence-electron chi connectivity index (χ1n) is 16.0. The number of benzene rings is 5.